The van der Waals surface area contributed by atoms with Crippen LogP contribution in [0.15, 0.2) is 46.0 Å². The minimum atomic E-state index is -0.373. The molecule has 2 heterocycles. The van der Waals surface area contributed by atoms with Crippen LogP contribution in [-0.4, -0.2) is 67.0 Å². The minimum absolute atomic E-state index is 0.00622. The fourth-order valence-electron chi connectivity index (χ4n) is 2.99. The first kappa shape index (κ1) is 28.8. The fourth-order valence-corrected chi connectivity index (χ4v) is 3.15. The summed E-state index contributed by atoms with van der Waals surface area (Å²) in [5, 5.41) is 14.9. The fraction of sp³-hybridized carbons (Fsp3) is 0.500. The summed E-state index contributed by atoms with van der Waals surface area (Å²) in [7, 11) is 1.86. The highest BCUT2D eigenvalue weighted by molar-refractivity contribution is 7.97. The third kappa shape index (κ3) is 10.8. The molecular weight excluding hydrogens is 490 g/mol. The normalized spacial score (nSPS) is 15.6. The number of nitrogens with one attached hydrogen (secondary N) is 2. The van der Waals surface area contributed by atoms with Gasteiger partial charge in [-0.1, -0.05) is 23.8 Å². The van der Waals surface area contributed by atoms with Gasteiger partial charge in [-0.3, -0.25) is 9.78 Å². The van der Waals surface area contributed by atoms with E-state index in [4.69, 9.17) is 25.5 Å². The number of halogens is 1. The van der Waals surface area contributed by atoms with Crippen molar-refractivity contribution in [2.24, 2.45) is 0 Å². The summed E-state index contributed by atoms with van der Waals surface area (Å²) < 4.78 is 17.2. The SMILES string of the molecule is CNCC[C@H](OCCNC(=O)COc1ccc(C)nc1)c1nnc(C2C=CC(Cl)=CC2)o1.CSC. The van der Waals surface area contributed by atoms with E-state index in [-0.39, 0.29) is 24.5 Å². The average molecular weight is 524 g/mol. The zero-order valence-electron chi connectivity index (χ0n) is 20.6. The Hall–Kier alpha value is -2.40. The molecule has 1 aliphatic carbocycles. The van der Waals surface area contributed by atoms with Gasteiger partial charge < -0.3 is 24.5 Å². The number of amides is 1. The number of aryl methyl sites for hydroxylation is 1. The number of allylic oxidation sites excluding steroid dienone is 4. The molecule has 0 aromatic carbocycles. The van der Waals surface area contributed by atoms with E-state index >= 15 is 0 Å². The van der Waals surface area contributed by atoms with E-state index in [0.717, 1.165) is 12.2 Å². The largest absolute Gasteiger partial charge is 0.482 e. The molecule has 2 atom stereocenters. The van der Waals surface area contributed by atoms with Crippen molar-refractivity contribution in [1.29, 1.82) is 0 Å². The molecule has 0 spiro atoms. The molecule has 2 aromatic rings. The molecule has 1 unspecified atom stereocenters. The van der Waals surface area contributed by atoms with Crippen molar-refractivity contribution in [1.82, 2.24) is 25.8 Å². The number of hydrogen-bond acceptors (Lipinski definition) is 9. The quantitative estimate of drug-likeness (QED) is 0.401. The second-order valence-electron chi connectivity index (χ2n) is 7.70. The molecule has 9 nitrogen and oxygen atoms in total. The first-order valence-electron chi connectivity index (χ1n) is 11.3. The molecule has 11 heteroatoms. The van der Waals surface area contributed by atoms with Crippen LogP contribution in [0.2, 0.25) is 0 Å². The van der Waals surface area contributed by atoms with Gasteiger partial charge in [0.05, 0.1) is 18.7 Å². The Morgan fingerprint density at radius 2 is 2.11 bits per heavy atom. The van der Waals surface area contributed by atoms with E-state index < -0.39 is 0 Å². The molecule has 2 aromatic heterocycles. The maximum atomic E-state index is 12.0. The zero-order chi connectivity index (χ0) is 25.5. The van der Waals surface area contributed by atoms with Gasteiger partial charge in [0.1, 0.15) is 11.9 Å². The molecule has 192 valence electrons. The van der Waals surface area contributed by atoms with E-state index in [1.807, 2.05) is 50.8 Å². The van der Waals surface area contributed by atoms with Gasteiger partial charge in [0.15, 0.2) is 6.61 Å². The number of pyridine rings is 1. The van der Waals surface area contributed by atoms with Crippen LogP contribution < -0.4 is 15.4 Å². The van der Waals surface area contributed by atoms with E-state index in [0.29, 0.717) is 48.6 Å². The maximum Gasteiger partial charge on any atom is 0.258 e. The lowest BCUT2D eigenvalue weighted by Crippen LogP contribution is -2.32. The van der Waals surface area contributed by atoms with Crippen molar-refractivity contribution in [3.8, 4) is 5.75 Å². The van der Waals surface area contributed by atoms with E-state index in [1.165, 1.54) is 0 Å². The second-order valence-corrected chi connectivity index (χ2v) is 8.96. The first-order valence-corrected chi connectivity index (χ1v) is 13.3. The monoisotopic (exact) mass is 523 g/mol. The molecule has 0 saturated heterocycles. The van der Waals surface area contributed by atoms with Crippen LogP contribution in [0, 0.1) is 6.92 Å². The number of aromatic nitrogens is 3. The highest BCUT2D eigenvalue weighted by Crippen LogP contribution is 2.29. The predicted octanol–water partition coefficient (Wildman–Crippen LogP) is 3.78. The van der Waals surface area contributed by atoms with E-state index in [2.05, 4.69) is 25.8 Å². The van der Waals surface area contributed by atoms with Crippen LogP contribution in [-0.2, 0) is 9.53 Å². The van der Waals surface area contributed by atoms with Gasteiger partial charge in [-0.05, 0) is 64.1 Å². The highest BCUT2D eigenvalue weighted by atomic mass is 35.5. The van der Waals surface area contributed by atoms with Crippen LogP contribution in [0.25, 0.3) is 0 Å². The topological polar surface area (TPSA) is 111 Å². The summed E-state index contributed by atoms with van der Waals surface area (Å²) in [5.41, 5.74) is 0.886. The lowest BCUT2D eigenvalue weighted by atomic mass is 10.0. The van der Waals surface area contributed by atoms with Crippen molar-refractivity contribution < 1.29 is 18.7 Å². The smallest absolute Gasteiger partial charge is 0.258 e. The lowest BCUT2D eigenvalue weighted by Gasteiger charge is -2.15. The van der Waals surface area contributed by atoms with Gasteiger partial charge in [-0.15, -0.1) is 10.2 Å². The summed E-state index contributed by atoms with van der Waals surface area (Å²) in [6.45, 7) is 3.14. The predicted molar refractivity (Wildman–Crippen MR) is 139 cm³/mol. The average Bonchev–Trinajstić information content (AvgIpc) is 3.34. The number of thioether (sulfide) groups is 1. The van der Waals surface area contributed by atoms with Gasteiger partial charge >= 0.3 is 0 Å². The molecule has 35 heavy (non-hydrogen) atoms. The van der Waals surface area contributed by atoms with Crippen molar-refractivity contribution >= 4 is 29.3 Å². The first-order chi connectivity index (χ1) is 17.0. The van der Waals surface area contributed by atoms with Gasteiger partial charge in [0.2, 0.25) is 11.8 Å². The van der Waals surface area contributed by atoms with Gasteiger partial charge in [-0.25, -0.2) is 0 Å². The Labute approximate surface area is 216 Å². The molecule has 0 aliphatic heterocycles. The molecule has 0 radical (unpaired) electrons. The van der Waals surface area contributed by atoms with Crippen LogP contribution in [0.1, 0.15) is 42.3 Å². The van der Waals surface area contributed by atoms with Crippen molar-refractivity contribution in [2.45, 2.75) is 31.8 Å². The van der Waals surface area contributed by atoms with Crippen LogP contribution in [0.5, 0.6) is 5.75 Å². The molecule has 0 saturated carbocycles. The van der Waals surface area contributed by atoms with Crippen LogP contribution >= 0.6 is 23.4 Å². The van der Waals surface area contributed by atoms with Crippen molar-refractivity contribution in [3.05, 3.63) is 59.1 Å². The Morgan fingerprint density at radius 1 is 1.31 bits per heavy atom. The Bertz CT molecular complexity index is 952. The summed E-state index contributed by atoms with van der Waals surface area (Å²) in [4.78, 5) is 16.1. The zero-order valence-corrected chi connectivity index (χ0v) is 22.2. The number of hydrogen-bond donors (Lipinski definition) is 2. The number of carbonyl (C=O) groups excluding carboxylic acids is 1. The Morgan fingerprint density at radius 3 is 2.77 bits per heavy atom. The maximum absolute atomic E-state index is 12.0. The van der Waals surface area contributed by atoms with Crippen LogP contribution in [0.3, 0.4) is 0 Å². The summed E-state index contributed by atoms with van der Waals surface area (Å²) >= 11 is 7.72. The van der Waals surface area contributed by atoms with E-state index in [1.54, 1.807) is 24.0 Å². The molecule has 1 amide bonds. The van der Waals surface area contributed by atoms with Gasteiger partial charge in [0.25, 0.3) is 5.91 Å². The number of carbonyl (C=O) groups is 1. The summed E-state index contributed by atoms with van der Waals surface area (Å²) in [5.74, 6) is 1.27. The Kier molecular flexibility index (Phi) is 13.4. The molecule has 1 aliphatic rings. The van der Waals surface area contributed by atoms with Crippen LogP contribution in [0.4, 0.5) is 0 Å². The second kappa shape index (κ2) is 16.3. The van der Waals surface area contributed by atoms with Gasteiger partial charge in [-0.2, -0.15) is 11.8 Å². The lowest BCUT2D eigenvalue weighted by molar-refractivity contribution is -0.123. The molecule has 0 fully saturated rings. The third-order valence-corrected chi connectivity index (χ3v) is 5.04. The minimum Gasteiger partial charge on any atom is -0.482 e. The van der Waals surface area contributed by atoms with Crippen molar-refractivity contribution in [2.75, 3.05) is 45.9 Å². The molecule has 2 N–H and O–H groups in total. The Balaban J connectivity index is 0.00000137. The molecule has 3 rings (SSSR count). The van der Waals surface area contributed by atoms with Crippen molar-refractivity contribution in [3.63, 3.8) is 0 Å². The summed E-state index contributed by atoms with van der Waals surface area (Å²) in [6, 6.07) is 3.60. The van der Waals surface area contributed by atoms with Gasteiger partial charge in [0, 0.05) is 17.3 Å². The standard InChI is InChI=1S/C22H28ClN5O4.C2H6S/c1-15-3-8-18(13-26-15)31-14-20(29)25-11-12-30-19(9-10-24-2)22-28-27-21(32-22)16-4-6-17(23)7-5-16;1-3-2/h3-4,6-8,13,16,19,24H,5,9-12,14H2,1-2H3,(H,25,29);1-2H3/t16?,19-;/m0./s1. The van der Waals surface area contributed by atoms with E-state index in [9.17, 15) is 4.79 Å². The third-order valence-electron chi connectivity index (χ3n) is 4.76. The number of nitrogens with zero attached hydrogens (tertiary/aromatic N) is 3. The molecule has 0 bridgehead atoms. The summed E-state index contributed by atoms with van der Waals surface area (Å²) in [6.07, 6.45) is 12.4. The highest BCUT2D eigenvalue weighted by Gasteiger charge is 2.23. The number of ether oxygens (including phenoxy) is 2. The number of rotatable bonds is 12. The molecular formula is C24H34ClN5O4S.